The van der Waals surface area contributed by atoms with Gasteiger partial charge in [-0.05, 0) is 76.0 Å². The van der Waals surface area contributed by atoms with Gasteiger partial charge in [0, 0.05) is 11.1 Å². The Balaban J connectivity index is 1.87. The van der Waals surface area contributed by atoms with Crippen LogP contribution in [0.25, 0.3) is 0 Å². The molecule has 1 saturated heterocycles. The number of aliphatic hydroxyl groups is 2. The molecule has 0 aromatic carbocycles. The molecule has 1 aliphatic heterocycles. The number of aliphatic hydroxyl groups excluding tert-OH is 2. The predicted molar refractivity (Wildman–Crippen MR) is 85.6 cm³/mol. The summed E-state index contributed by atoms with van der Waals surface area (Å²) in [5.41, 5.74) is -0.288. The summed E-state index contributed by atoms with van der Waals surface area (Å²) in [5.74, 6) is 1.26. The van der Waals surface area contributed by atoms with Crippen molar-refractivity contribution in [3.8, 4) is 0 Å². The van der Waals surface area contributed by atoms with Crippen LogP contribution in [-0.2, 0) is 0 Å². The third kappa shape index (κ3) is 2.83. The molecule has 22 heavy (non-hydrogen) atoms. The van der Waals surface area contributed by atoms with E-state index >= 15 is 0 Å². The predicted octanol–water partition coefficient (Wildman–Crippen LogP) is 3.09. The molecule has 3 N–H and O–H groups in total. The molecule has 0 bridgehead atoms. The van der Waals surface area contributed by atoms with Crippen LogP contribution in [0.2, 0.25) is 0 Å². The van der Waals surface area contributed by atoms with E-state index in [4.69, 9.17) is 0 Å². The highest BCUT2D eigenvalue weighted by atomic mass is 16.5. The standard InChI is InChI=1S/C18H33NO3/c1-13(2)14-11-17(7-3-15(20)4-8-17)19(22)18(12-14)9-5-16(21)6-10-18/h13-16,20-22H,3-12H2,1-2H3. The summed E-state index contributed by atoms with van der Waals surface area (Å²) in [6.07, 6.45) is 8.55. The fraction of sp³-hybridized carbons (Fsp3) is 1.00. The first-order valence-electron chi connectivity index (χ1n) is 9.22. The summed E-state index contributed by atoms with van der Waals surface area (Å²) in [6, 6.07) is 0. The van der Waals surface area contributed by atoms with Gasteiger partial charge in [0.15, 0.2) is 0 Å². The van der Waals surface area contributed by atoms with Gasteiger partial charge in [-0.3, -0.25) is 0 Å². The zero-order chi connectivity index (χ0) is 16.0. The van der Waals surface area contributed by atoms with Crippen molar-refractivity contribution in [3.63, 3.8) is 0 Å². The molecule has 1 heterocycles. The quantitative estimate of drug-likeness (QED) is 0.696. The molecule has 0 aromatic rings. The summed E-state index contributed by atoms with van der Waals surface area (Å²) < 4.78 is 0. The second-order valence-corrected chi connectivity index (χ2v) is 8.64. The van der Waals surface area contributed by atoms with Gasteiger partial charge in [-0.25, -0.2) is 0 Å². The Hall–Kier alpha value is -0.160. The third-order valence-electron chi connectivity index (χ3n) is 6.90. The lowest BCUT2D eigenvalue weighted by molar-refractivity contribution is -0.293. The lowest BCUT2D eigenvalue weighted by Gasteiger charge is -2.60. The second kappa shape index (κ2) is 6.04. The van der Waals surface area contributed by atoms with Gasteiger partial charge in [0.05, 0.1) is 12.2 Å². The van der Waals surface area contributed by atoms with Crippen LogP contribution in [0.5, 0.6) is 0 Å². The van der Waals surface area contributed by atoms with Crippen molar-refractivity contribution in [2.75, 3.05) is 0 Å². The van der Waals surface area contributed by atoms with Crippen LogP contribution in [0.4, 0.5) is 0 Å². The molecule has 4 heteroatoms. The van der Waals surface area contributed by atoms with Crippen LogP contribution in [-0.4, -0.2) is 43.8 Å². The summed E-state index contributed by atoms with van der Waals surface area (Å²) in [6.45, 7) is 4.60. The minimum absolute atomic E-state index is 0.144. The third-order valence-corrected chi connectivity index (χ3v) is 6.90. The van der Waals surface area contributed by atoms with E-state index in [2.05, 4.69) is 13.8 Å². The lowest BCUT2D eigenvalue weighted by Crippen LogP contribution is -2.66. The maximum atomic E-state index is 11.2. The molecule has 4 nitrogen and oxygen atoms in total. The first-order chi connectivity index (χ1) is 10.4. The summed E-state index contributed by atoms with van der Waals surface area (Å²) in [4.78, 5) is 0. The molecule has 3 rings (SSSR count). The summed E-state index contributed by atoms with van der Waals surface area (Å²) in [7, 11) is 0. The fourth-order valence-corrected chi connectivity index (χ4v) is 5.31. The van der Waals surface area contributed by atoms with Crippen LogP contribution < -0.4 is 0 Å². The van der Waals surface area contributed by atoms with Crippen molar-refractivity contribution in [1.29, 1.82) is 0 Å². The molecule has 0 atom stereocenters. The normalized spacial score (nSPS) is 47.5. The van der Waals surface area contributed by atoms with Gasteiger partial charge in [0.1, 0.15) is 0 Å². The van der Waals surface area contributed by atoms with Gasteiger partial charge < -0.3 is 15.4 Å². The Morgan fingerprint density at radius 2 is 1.18 bits per heavy atom. The van der Waals surface area contributed by atoms with Gasteiger partial charge in [-0.2, -0.15) is 5.06 Å². The molecule has 3 fully saturated rings. The zero-order valence-corrected chi connectivity index (χ0v) is 14.2. The van der Waals surface area contributed by atoms with E-state index in [1.165, 1.54) is 0 Å². The highest BCUT2D eigenvalue weighted by Gasteiger charge is 2.55. The summed E-state index contributed by atoms with van der Waals surface area (Å²) in [5, 5.41) is 32.7. The van der Waals surface area contributed by atoms with Crippen LogP contribution in [0.15, 0.2) is 0 Å². The number of piperidine rings is 1. The Morgan fingerprint density at radius 3 is 1.50 bits per heavy atom. The molecule has 128 valence electrons. The first-order valence-corrected chi connectivity index (χ1v) is 9.22. The van der Waals surface area contributed by atoms with Crippen molar-refractivity contribution >= 4 is 0 Å². The summed E-state index contributed by atoms with van der Waals surface area (Å²) >= 11 is 0. The van der Waals surface area contributed by atoms with Gasteiger partial charge in [-0.15, -0.1) is 0 Å². The molecule has 2 saturated carbocycles. The monoisotopic (exact) mass is 311 g/mol. The molecule has 0 radical (unpaired) electrons. The number of rotatable bonds is 1. The van der Waals surface area contributed by atoms with Crippen molar-refractivity contribution < 1.29 is 15.4 Å². The van der Waals surface area contributed by atoms with Crippen LogP contribution in [0.1, 0.15) is 78.1 Å². The smallest absolute Gasteiger partial charge is 0.0541 e. The van der Waals surface area contributed by atoms with Gasteiger partial charge >= 0.3 is 0 Å². The zero-order valence-electron chi connectivity index (χ0n) is 14.2. The van der Waals surface area contributed by atoms with E-state index in [-0.39, 0.29) is 23.3 Å². The van der Waals surface area contributed by atoms with Crippen molar-refractivity contribution in [2.24, 2.45) is 11.8 Å². The molecule has 0 amide bonds. The SMILES string of the molecule is CC(C)C1CC2(CCC(O)CC2)N(O)C2(CCC(O)CC2)C1. The minimum Gasteiger partial charge on any atom is -0.393 e. The molecule has 2 aliphatic carbocycles. The van der Waals surface area contributed by atoms with Gasteiger partial charge in [-0.1, -0.05) is 13.8 Å². The van der Waals surface area contributed by atoms with E-state index in [1.807, 2.05) is 0 Å². The average Bonchev–Trinajstić information content (AvgIpc) is 2.50. The molecule has 0 unspecified atom stereocenters. The number of hydroxylamine groups is 2. The van der Waals surface area contributed by atoms with Crippen LogP contribution in [0.3, 0.4) is 0 Å². The lowest BCUT2D eigenvalue weighted by atomic mass is 9.61. The fourth-order valence-electron chi connectivity index (χ4n) is 5.31. The largest absolute Gasteiger partial charge is 0.393 e. The van der Waals surface area contributed by atoms with E-state index in [9.17, 15) is 15.4 Å². The van der Waals surface area contributed by atoms with Gasteiger partial charge in [0.25, 0.3) is 0 Å². The maximum absolute atomic E-state index is 11.2. The molecular formula is C18H33NO3. The maximum Gasteiger partial charge on any atom is 0.0541 e. The van der Waals surface area contributed by atoms with E-state index in [0.29, 0.717) is 11.8 Å². The minimum atomic E-state index is -0.192. The molecule has 3 aliphatic rings. The van der Waals surface area contributed by atoms with E-state index in [0.717, 1.165) is 64.2 Å². The first kappa shape index (κ1) is 16.7. The highest BCUT2D eigenvalue weighted by Crippen LogP contribution is 2.53. The second-order valence-electron chi connectivity index (χ2n) is 8.64. The highest BCUT2D eigenvalue weighted by molar-refractivity contribution is 5.07. The van der Waals surface area contributed by atoms with E-state index in [1.54, 1.807) is 5.06 Å². The Morgan fingerprint density at radius 1 is 0.818 bits per heavy atom. The molecule has 2 spiro atoms. The molecular weight excluding hydrogens is 278 g/mol. The Bertz CT molecular complexity index is 350. The van der Waals surface area contributed by atoms with Crippen molar-refractivity contribution in [1.82, 2.24) is 5.06 Å². The number of nitrogens with zero attached hydrogens (tertiary/aromatic N) is 1. The number of hydrogen-bond acceptors (Lipinski definition) is 4. The topological polar surface area (TPSA) is 63.9 Å². The van der Waals surface area contributed by atoms with Gasteiger partial charge in [0.2, 0.25) is 0 Å². The Kier molecular flexibility index (Phi) is 4.59. The number of hydrogen-bond donors (Lipinski definition) is 3. The molecule has 0 aromatic heterocycles. The van der Waals surface area contributed by atoms with Crippen LogP contribution >= 0.6 is 0 Å². The van der Waals surface area contributed by atoms with Crippen molar-refractivity contribution in [2.45, 2.75) is 101 Å². The van der Waals surface area contributed by atoms with Crippen molar-refractivity contribution in [3.05, 3.63) is 0 Å². The average molecular weight is 311 g/mol. The Labute approximate surface area is 134 Å². The van der Waals surface area contributed by atoms with Crippen LogP contribution in [0, 0.1) is 11.8 Å². The van der Waals surface area contributed by atoms with E-state index < -0.39 is 0 Å².